The van der Waals surface area contributed by atoms with Crippen LogP contribution in [0.5, 0.6) is 5.75 Å². The number of piperazine rings is 1. The van der Waals surface area contributed by atoms with Crippen molar-refractivity contribution in [1.29, 1.82) is 0 Å². The Balaban J connectivity index is 1.29. The van der Waals surface area contributed by atoms with Gasteiger partial charge in [0.25, 0.3) is 5.91 Å². The first-order valence-electron chi connectivity index (χ1n) is 15.9. The Morgan fingerprint density at radius 2 is 1.40 bits per heavy atom. The molecule has 6 rings (SSSR count). The van der Waals surface area contributed by atoms with E-state index in [1.165, 1.54) is 0 Å². The van der Waals surface area contributed by atoms with Gasteiger partial charge in [-0.1, -0.05) is 96.2 Å². The zero-order valence-electron chi connectivity index (χ0n) is 27.0. The van der Waals surface area contributed by atoms with Crippen molar-refractivity contribution >= 4 is 12.0 Å². The van der Waals surface area contributed by atoms with Gasteiger partial charge < -0.3 is 19.3 Å². The minimum absolute atomic E-state index is 0.234. The van der Waals surface area contributed by atoms with Crippen LogP contribution in [0.2, 0.25) is 0 Å². The second-order valence-corrected chi connectivity index (χ2v) is 12.6. The van der Waals surface area contributed by atoms with E-state index in [2.05, 4.69) is 10.3 Å². The minimum atomic E-state index is -0.617. The standard InChI is InChI=1S/C38H39N5O4/c1-38(2,3)47-37(45)41-23-24-42(32(26-41)25-28-13-7-4-8-14-28)36(44)34-35(30-17-11-6-12-18-30)43(40-39-34)31-19-21-33(22-20-31)46-27-29-15-9-5-10-16-29/h4-22,32H,23-27H2,1-3H3. The van der Waals surface area contributed by atoms with E-state index < -0.39 is 5.60 Å². The summed E-state index contributed by atoms with van der Waals surface area (Å²) in [6, 6.07) is 37.0. The number of hydrogen-bond donors (Lipinski definition) is 0. The molecule has 0 aliphatic carbocycles. The summed E-state index contributed by atoms with van der Waals surface area (Å²) in [6.07, 6.45) is 0.195. The molecule has 1 aromatic heterocycles. The molecule has 9 nitrogen and oxygen atoms in total. The van der Waals surface area contributed by atoms with Crippen LogP contribution in [0.4, 0.5) is 4.79 Å². The quantitative estimate of drug-likeness (QED) is 0.187. The first-order valence-corrected chi connectivity index (χ1v) is 15.9. The molecule has 0 spiro atoms. The average molecular weight is 630 g/mol. The molecule has 1 atom stereocenters. The van der Waals surface area contributed by atoms with Crippen molar-refractivity contribution in [2.45, 2.75) is 45.4 Å². The van der Waals surface area contributed by atoms with Crippen LogP contribution in [0.1, 0.15) is 42.4 Å². The highest BCUT2D eigenvalue weighted by atomic mass is 16.6. The monoisotopic (exact) mass is 629 g/mol. The molecular weight excluding hydrogens is 590 g/mol. The van der Waals surface area contributed by atoms with Crippen molar-refractivity contribution in [3.8, 4) is 22.7 Å². The van der Waals surface area contributed by atoms with E-state index in [9.17, 15) is 9.59 Å². The molecule has 0 saturated carbocycles. The molecule has 1 fully saturated rings. The number of benzene rings is 4. The van der Waals surface area contributed by atoms with Crippen LogP contribution in [-0.4, -0.2) is 68.1 Å². The summed E-state index contributed by atoms with van der Waals surface area (Å²) >= 11 is 0. The van der Waals surface area contributed by atoms with Crippen LogP contribution in [0.3, 0.4) is 0 Å². The van der Waals surface area contributed by atoms with Crippen molar-refractivity contribution < 1.29 is 19.1 Å². The minimum Gasteiger partial charge on any atom is -0.489 e. The third-order valence-corrected chi connectivity index (χ3v) is 7.96. The van der Waals surface area contributed by atoms with E-state index in [0.717, 1.165) is 28.1 Å². The molecule has 47 heavy (non-hydrogen) atoms. The van der Waals surface area contributed by atoms with Gasteiger partial charge in [0.1, 0.15) is 23.7 Å². The molecule has 0 N–H and O–H groups in total. The molecule has 0 bridgehead atoms. The van der Waals surface area contributed by atoms with Gasteiger partial charge in [-0.3, -0.25) is 4.79 Å². The Kier molecular flexibility index (Phi) is 9.33. The lowest BCUT2D eigenvalue weighted by molar-refractivity contribution is 0.00427. The van der Waals surface area contributed by atoms with Crippen LogP contribution in [0.25, 0.3) is 16.9 Å². The number of amides is 2. The summed E-state index contributed by atoms with van der Waals surface area (Å²) in [5.74, 6) is 0.490. The Morgan fingerprint density at radius 3 is 2.04 bits per heavy atom. The molecule has 0 radical (unpaired) electrons. The topological polar surface area (TPSA) is 89.8 Å². The van der Waals surface area contributed by atoms with Crippen molar-refractivity contribution in [3.05, 3.63) is 132 Å². The van der Waals surface area contributed by atoms with Crippen molar-refractivity contribution in [2.75, 3.05) is 19.6 Å². The maximum absolute atomic E-state index is 14.5. The first-order chi connectivity index (χ1) is 22.7. The number of nitrogens with zero attached hydrogens (tertiary/aromatic N) is 5. The third-order valence-electron chi connectivity index (χ3n) is 7.96. The van der Waals surface area contributed by atoms with Gasteiger partial charge in [-0.25, -0.2) is 9.48 Å². The number of carbonyl (C=O) groups excluding carboxylic acids is 2. The average Bonchev–Trinajstić information content (AvgIpc) is 3.53. The van der Waals surface area contributed by atoms with Gasteiger partial charge in [-0.05, 0) is 62.6 Å². The fourth-order valence-electron chi connectivity index (χ4n) is 5.70. The lowest BCUT2D eigenvalue weighted by Crippen LogP contribution is -2.58. The maximum Gasteiger partial charge on any atom is 0.410 e. The first kappa shape index (κ1) is 31.5. The van der Waals surface area contributed by atoms with E-state index >= 15 is 0 Å². The normalized spacial score (nSPS) is 14.9. The summed E-state index contributed by atoms with van der Waals surface area (Å²) < 4.78 is 13.4. The zero-order chi connectivity index (χ0) is 32.8. The predicted molar refractivity (Wildman–Crippen MR) is 180 cm³/mol. The molecule has 1 unspecified atom stereocenters. The van der Waals surface area contributed by atoms with Crippen molar-refractivity contribution in [3.63, 3.8) is 0 Å². The Hall–Kier alpha value is -5.44. The van der Waals surface area contributed by atoms with Crippen LogP contribution in [0.15, 0.2) is 115 Å². The molecule has 1 aliphatic rings. The molecule has 1 saturated heterocycles. The van der Waals surface area contributed by atoms with Crippen molar-refractivity contribution in [1.82, 2.24) is 24.8 Å². The van der Waals surface area contributed by atoms with Gasteiger partial charge in [0.05, 0.1) is 11.7 Å². The largest absolute Gasteiger partial charge is 0.489 e. The summed E-state index contributed by atoms with van der Waals surface area (Å²) in [4.78, 5) is 31.1. The zero-order valence-corrected chi connectivity index (χ0v) is 27.0. The highest BCUT2D eigenvalue weighted by Crippen LogP contribution is 2.29. The molecule has 5 aromatic rings. The van der Waals surface area contributed by atoms with Gasteiger partial charge in [-0.2, -0.15) is 0 Å². The predicted octanol–water partition coefficient (Wildman–Crippen LogP) is 6.82. The highest BCUT2D eigenvalue weighted by molar-refractivity contribution is 5.98. The second-order valence-electron chi connectivity index (χ2n) is 12.6. The van der Waals surface area contributed by atoms with E-state index in [1.54, 1.807) is 9.58 Å². The Morgan fingerprint density at radius 1 is 0.787 bits per heavy atom. The van der Waals surface area contributed by atoms with Crippen LogP contribution in [0, 0.1) is 0 Å². The van der Waals surface area contributed by atoms with Crippen LogP contribution in [-0.2, 0) is 17.8 Å². The fourth-order valence-corrected chi connectivity index (χ4v) is 5.70. The molecular formula is C38H39N5O4. The molecule has 4 aromatic carbocycles. The van der Waals surface area contributed by atoms with E-state index in [0.29, 0.717) is 38.4 Å². The number of hydrogen-bond acceptors (Lipinski definition) is 6. The van der Waals surface area contributed by atoms with Gasteiger partial charge >= 0.3 is 6.09 Å². The van der Waals surface area contributed by atoms with Crippen molar-refractivity contribution in [2.24, 2.45) is 0 Å². The Labute approximate surface area is 275 Å². The number of carbonyl (C=O) groups is 2. The summed E-state index contributed by atoms with van der Waals surface area (Å²) in [5, 5.41) is 8.96. The molecule has 1 aliphatic heterocycles. The van der Waals surface area contributed by atoms with Gasteiger partial charge in [-0.15, -0.1) is 5.10 Å². The summed E-state index contributed by atoms with van der Waals surface area (Å²) in [6.45, 7) is 7.05. The highest BCUT2D eigenvalue weighted by Gasteiger charge is 2.37. The second kappa shape index (κ2) is 13.9. The maximum atomic E-state index is 14.5. The molecule has 240 valence electrons. The third kappa shape index (κ3) is 7.69. The summed E-state index contributed by atoms with van der Waals surface area (Å²) in [7, 11) is 0. The Bertz CT molecular complexity index is 1790. The van der Waals surface area contributed by atoms with Crippen LogP contribution < -0.4 is 4.74 Å². The van der Waals surface area contributed by atoms with E-state index in [1.807, 2.05) is 141 Å². The molecule has 9 heteroatoms. The van der Waals surface area contributed by atoms with Gasteiger partial charge in [0.15, 0.2) is 5.69 Å². The lowest BCUT2D eigenvalue weighted by atomic mass is 10.0. The lowest BCUT2D eigenvalue weighted by Gasteiger charge is -2.41. The summed E-state index contributed by atoms with van der Waals surface area (Å²) in [5.41, 5.74) is 3.96. The van der Waals surface area contributed by atoms with E-state index in [4.69, 9.17) is 9.47 Å². The molecule has 2 amide bonds. The number of ether oxygens (including phenoxy) is 2. The number of aromatic nitrogens is 3. The van der Waals surface area contributed by atoms with Gasteiger partial charge in [0.2, 0.25) is 0 Å². The van der Waals surface area contributed by atoms with Gasteiger partial charge in [0, 0.05) is 25.2 Å². The van der Waals surface area contributed by atoms with E-state index in [-0.39, 0.29) is 23.7 Å². The molecule has 2 heterocycles. The smallest absolute Gasteiger partial charge is 0.410 e. The van der Waals surface area contributed by atoms with Crippen LogP contribution >= 0.6 is 0 Å². The SMILES string of the molecule is CC(C)(C)OC(=O)N1CCN(C(=O)c2nnn(-c3ccc(OCc4ccccc4)cc3)c2-c2ccccc2)C(Cc2ccccc2)C1. The fraction of sp³-hybridized carbons (Fsp3) is 0.263. The number of rotatable bonds is 8.